The van der Waals surface area contributed by atoms with Gasteiger partial charge in [0, 0.05) is 30.6 Å². The third-order valence-corrected chi connectivity index (χ3v) is 7.01. The van der Waals surface area contributed by atoms with Crippen molar-refractivity contribution in [3.05, 3.63) is 29.0 Å². The van der Waals surface area contributed by atoms with Crippen molar-refractivity contribution < 1.29 is 24.0 Å². The molecule has 1 radical (unpaired) electrons. The van der Waals surface area contributed by atoms with Gasteiger partial charge in [-0.2, -0.15) is 0 Å². The van der Waals surface area contributed by atoms with Crippen molar-refractivity contribution in [2.75, 3.05) is 19.7 Å². The van der Waals surface area contributed by atoms with Crippen LogP contribution in [0.2, 0.25) is 13.1 Å². The smallest absolute Gasteiger partial charge is 0.407 e. The van der Waals surface area contributed by atoms with Gasteiger partial charge in [-0.25, -0.2) is 4.79 Å². The number of piperidine rings is 1. The lowest BCUT2D eigenvalue weighted by atomic mass is 9.81. The standard InChI is InChI=1S/C24H37N2O5Si/c1-24(2,3)22(31-32(4)5)20-17(12-15-27)7-8-18-19(25-30-21(18)20)9-6-16-10-13-26(14-11-16)23(28)29/h7-8,16,22,27H,6,9-15H2,1-5H3,(H,28,29). The Bertz CT molecular complexity index is 913. The Balaban J connectivity index is 1.87. The highest BCUT2D eigenvalue weighted by Gasteiger charge is 2.33. The van der Waals surface area contributed by atoms with E-state index in [4.69, 9.17) is 14.1 Å². The highest BCUT2D eigenvalue weighted by atomic mass is 28.3. The first-order valence-electron chi connectivity index (χ1n) is 11.6. The third kappa shape index (κ3) is 5.71. The molecule has 1 aliphatic heterocycles. The predicted molar refractivity (Wildman–Crippen MR) is 126 cm³/mol. The molecule has 3 rings (SSSR count). The number of carbonyl (C=O) groups is 1. The minimum atomic E-state index is -0.960. The SMILES string of the molecule is C[Si](C)OC(c1c(CCO)ccc2c(CCC3CCN(C(=O)O)CC3)noc12)C(C)(C)C. The second-order valence-electron chi connectivity index (χ2n) is 10.1. The molecule has 0 bridgehead atoms. The highest BCUT2D eigenvalue weighted by Crippen LogP contribution is 2.42. The topological polar surface area (TPSA) is 96.0 Å². The molecular formula is C24H37N2O5Si. The number of aliphatic hydroxyl groups is 1. The maximum absolute atomic E-state index is 11.1. The molecule has 1 aromatic carbocycles. The van der Waals surface area contributed by atoms with Crippen molar-refractivity contribution in [1.29, 1.82) is 0 Å². The van der Waals surface area contributed by atoms with E-state index in [-0.39, 0.29) is 18.1 Å². The Morgan fingerprint density at radius 3 is 2.53 bits per heavy atom. The number of aryl methyl sites for hydroxylation is 1. The normalized spacial score (nSPS) is 16.8. The number of rotatable bonds is 8. The zero-order valence-corrected chi connectivity index (χ0v) is 21.0. The van der Waals surface area contributed by atoms with Gasteiger partial charge in [0.1, 0.15) is 0 Å². The lowest BCUT2D eigenvalue weighted by Crippen LogP contribution is -2.37. The summed E-state index contributed by atoms with van der Waals surface area (Å²) >= 11 is 0. The number of aliphatic hydroxyl groups excluding tert-OH is 1. The van der Waals surface area contributed by atoms with Crippen LogP contribution < -0.4 is 0 Å². The predicted octanol–water partition coefficient (Wildman–Crippen LogP) is 5.04. The minimum absolute atomic E-state index is 0.0709. The van der Waals surface area contributed by atoms with E-state index < -0.39 is 15.1 Å². The quantitative estimate of drug-likeness (QED) is 0.535. The van der Waals surface area contributed by atoms with E-state index in [1.165, 1.54) is 4.90 Å². The number of aromatic nitrogens is 1. The molecule has 1 amide bonds. The highest BCUT2D eigenvalue weighted by molar-refractivity contribution is 6.48. The Morgan fingerprint density at radius 1 is 1.28 bits per heavy atom. The van der Waals surface area contributed by atoms with Crippen LogP contribution in [0.4, 0.5) is 4.79 Å². The molecule has 1 fully saturated rings. The summed E-state index contributed by atoms with van der Waals surface area (Å²) in [6.45, 7) is 12.1. The molecule has 32 heavy (non-hydrogen) atoms. The molecule has 0 saturated carbocycles. The molecule has 2 N–H and O–H groups in total. The number of carboxylic acid groups (broad SMARTS) is 1. The van der Waals surface area contributed by atoms with Gasteiger partial charge in [-0.15, -0.1) is 0 Å². The van der Waals surface area contributed by atoms with Gasteiger partial charge in [-0.05, 0) is 68.2 Å². The summed E-state index contributed by atoms with van der Waals surface area (Å²) in [4.78, 5) is 12.6. The molecule has 7 nitrogen and oxygen atoms in total. The Labute approximate surface area is 192 Å². The van der Waals surface area contributed by atoms with Crippen molar-refractivity contribution in [1.82, 2.24) is 10.1 Å². The fraction of sp³-hybridized carbons (Fsp3) is 0.667. The van der Waals surface area contributed by atoms with Crippen LogP contribution in [0.1, 0.15) is 63.0 Å². The van der Waals surface area contributed by atoms with Gasteiger partial charge in [0.15, 0.2) is 5.58 Å². The van der Waals surface area contributed by atoms with Crippen LogP contribution in [-0.2, 0) is 17.3 Å². The number of hydrogen-bond acceptors (Lipinski definition) is 5. The molecule has 1 aliphatic rings. The zero-order chi connectivity index (χ0) is 23.5. The number of hydrogen-bond donors (Lipinski definition) is 2. The summed E-state index contributed by atoms with van der Waals surface area (Å²) in [5.41, 5.74) is 3.65. The van der Waals surface area contributed by atoms with Crippen LogP contribution in [0.15, 0.2) is 16.7 Å². The van der Waals surface area contributed by atoms with Crippen molar-refractivity contribution in [3.63, 3.8) is 0 Å². The van der Waals surface area contributed by atoms with Crippen LogP contribution in [0.3, 0.4) is 0 Å². The number of likely N-dealkylation sites (tertiary alicyclic amines) is 1. The monoisotopic (exact) mass is 461 g/mol. The summed E-state index contributed by atoms with van der Waals surface area (Å²) in [6.07, 6.45) is 3.15. The number of nitrogens with zero attached hydrogens (tertiary/aromatic N) is 2. The average molecular weight is 462 g/mol. The molecule has 1 saturated heterocycles. The molecule has 2 aromatic rings. The molecule has 177 valence electrons. The van der Waals surface area contributed by atoms with Gasteiger partial charge in [0.05, 0.1) is 11.8 Å². The van der Waals surface area contributed by atoms with E-state index in [1.54, 1.807) is 0 Å². The summed E-state index contributed by atoms with van der Waals surface area (Å²) in [6, 6.07) is 4.14. The minimum Gasteiger partial charge on any atom is -0.465 e. The second kappa shape index (κ2) is 10.4. The van der Waals surface area contributed by atoms with E-state index >= 15 is 0 Å². The van der Waals surface area contributed by atoms with Crippen LogP contribution in [0.5, 0.6) is 0 Å². The first-order chi connectivity index (χ1) is 15.1. The van der Waals surface area contributed by atoms with Crippen LogP contribution >= 0.6 is 0 Å². The van der Waals surface area contributed by atoms with Crippen LogP contribution in [-0.4, -0.2) is 55.1 Å². The van der Waals surface area contributed by atoms with Gasteiger partial charge < -0.3 is 24.1 Å². The first-order valence-corrected chi connectivity index (χ1v) is 14.0. The Hall–Kier alpha value is -1.90. The third-order valence-electron chi connectivity index (χ3n) is 6.30. The average Bonchev–Trinajstić information content (AvgIpc) is 3.13. The molecular weight excluding hydrogens is 424 g/mol. The molecule has 1 aromatic heterocycles. The van der Waals surface area contributed by atoms with Gasteiger partial charge in [0.2, 0.25) is 9.04 Å². The maximum atomic E-state index is 11.1. The van der Waals surface area contributed by atoms with Crippen molar-refractivity contribution in [2.24, 2.45) is 11.3 Å². The van der Waals surface area contributed by atoms with E-state index in [2.05, 4.69) is 51.2 Å². The summed E-state index contributed by atoms with van der Waals surface area (Å²) < 4.78 is 12.4. The second-order valence-corrected chi connectivity index (χ2v) is 12.2. The number of benzene rings is 1. The van der Waals surface area contributed by atoms with Crippen molar-refractivity contribution >= 4 is 26.1 Å². The largest absolute Gasteiger partial charge is 0.465 e. The fourth-order valence-corrected chi connectivity index (χ4v) is 5.52. The fourth-order valence-electron chi connectivity index (χ4n) is 4.58. The van der Waals surface area contributed by atoms with E-state index in [0.717, 1.165) is 53.5 Å². The Morgan fingerprint density at radius 2 is 1.97 bits per heavy atom. The van der Waals surface area contributed by atoms with Gasteiger partial charge in [-0.3, -0.25) is 0 Å². The first kappa shape index (κ1) is 24.7. The molecule has 2 heterocycles. The molecule has 8 heteroatoms. The lowest BCUT2D eigenvalue weighted by Gasteiger charge is -2.34. The summed E-state index contributed by atoms with van der Waals surface area (Å²) in [5.74, 6) is 0.501. The van der Waals surface area contributed by atoms with Gasteiger partial charge in [-0.1, -0.05) is 32.0 Å². The van der Waals surface area contributed by atoms with E-state index in [1.807, 2.05) is 0 Å². The zero-order valence-electron chi connectivity index (χ0n) is 20.0. The van der Waals surface area contributed by atoms with Crippen LogP contribution in [0.25, 0.3) is 11.0 Å². The van der Waals surface area contributed by atoms with Crippen molar-refractivity contribution in [2.45, 2.75) is 72.1 Å². The van der Waals surface area contributed by atoms with Crippen molar-refractivity contribution in [3.8, 4) is 0 Å². The number of amides is 1. The van der Waals surface area contributed by atoms with Gasteiger partial charge >= 0.3 is 6.09 Å². The summed E-state index contributed by atoms with van der Waals surface area (Å²) in [7, 11) is -0.960. The van der Waals surface area contributed by atoms with E-state index in [9.17, 15) is 9.90 Å². The maximum Gasteiger partial charge on any atom is 0.407 e. The van der Waals surface area contributed by atoms with E-state index in [0.29, 0.717) is 25.4 Å². The summed E-state index contributed by atoms with van der Waals surface area (Å²) in [5, 5.41) is 24.3. The lowest BCUT2D eigenvalue weighted by molar-refractivity contribution is 0.0857. The molecule has 0 aliphatic carbocycles. The number of fused-ring (bicyclic) bond motifs is 1. The van der Waals surface area contributed by atoms with Gasteiger partial charge in [0.25, 0.3) is 0 Å². The Kier molecular flexibility index (Phi) is 8.00. The molecule has 1 unspecified atom stereocenters. The molecule has 0 spiro atoms. The van der Waals surface area contributed by atoms with Crippen LogP contribution in [0, 0.1) is 11.3 Å². The molecule has 1 atom stereocenters.